The SMILES string of the molecule is CCC(C)C(NCc1c(Cl)cccc1OC)C(=O)OC. The summed E-state index contributed by atoms with van der Waals surface area (Å²) in [4.78, 5) is 11.8. The minimum atomic E-state index is -0.356. The van der Waals surface area contributed by atoms with Gasteiger partial charge in [-0.3, -0.25) is 10.1 Å². The van der Waals surface area contributed by atoms with Crippen molar-refractivity contribution in [3.05, 3.63) is 28.8 Å². The molecule has 0 aromatic heterocycles. The molecule has 2 unspecified atom stereocenters. The molecule has 1 N–H and O–H groups in total. The fourth-order valence-electron chi connectivity index (χ4n) is 1.99. The molecule has 0 amide bonds. The van der Waals surface area contributed by atoms with Crippen LogP contribution < -0.4 is 10.1 Å². The predicted molar refractivity (Wildman–Crippen MR) is 80.1 cm³/mol. The molecule has 0 spiro atoms. The van der Waals surface area contributed by atoms with Gasteiger partial charge in [0.15, 0.2) is 0 Å². The number of carbonyl (C=O) groups is 1. The van der Waals surface area contributed by atoms with Crippen LogP contribution >= 0.6 is 11.6 Å². The van der Waals surface area contributed by atoms with E-state index in [4.69, 9.17) is 21.1 Å². The highest BCUT2D eigenvalue weighted by molar-refractivity contribution is 6.31. The van der Waals surface area contributed by atoms with E-state index in [1.807, 2.05) is 26.0 Å². The fraction of sp³-hybridized carbons (Fsp3) is 0.533. The molecule has 0 aliphatic rings. The number of ether oxygens (including phenoxy) is 2. The molecule has 5 heteroatoms. The summed E-state index contributed by atoms with van der Waals surface area (Å²) < 4.78 is 10.1. The Labute approximate surface area is 125 Å². The van der Waals surface area contributed by atoms with Gasteiger partial charge in [0.1, 0.15) is 11.8 Å². The molecule has 1 aromatic carbocycles. The number of methoxy groups -OCH3 is 2. The second kappa shape index (κ2) is 8.12. The summed E-state index contributed by atoms with van der Waals surface area (Å²) >= 11 is 6.18. The molecule has 0 saturated heterocycles. The minimum Gasteiger partial charge on any atom is -0.496 e. The van der Waals surface area contributed by atoms with Crippen molar-refractivity contribution in [1.29, 1.82) is 0 Å². The standard InChI is InChI=1S/C15H22ClNO3/c1-5-10(2)14(15(18)20-4)17-9-11-12(16)7-6-8-13(11)19-3/h6-8,10,14,17H,5,9H2,1-4H3. The van der Waals surface area contributed by atoms with Gasteiger partial charge in [0.25, 0.3) is 0 Å². The Balaban J connectivity index is 2.85. The number of carbonyl (C=O) groups excluding carboxylic acids is 1. The largest absolute Gasteiger partial charge is 0.496 e. The van der Waals surface area contributed by atoms with E-state index in [0.717, 1.165) is 12.0 Å². The number of benzene rings is 1. The number of rotatable bonds is 7. The molecule has 112 valence electrons. The fourth-order valence-corrected chi connectivity index (χ4v) is 2.23. The first-order valence-corrected chi connectivity index (χ1v) is 7.05. The first-order valence-electron chi connectivity index (χ1n) is 6.67. The monoisotopic (exact) mass is 299 g/mol. The Morgan fingerprint density at radius 2 is 2.10 bits per heavy atom. The highest BCUT2D eigenvalue weighted by atomic mass is 35.5. The van der Waals surface area contributed by atoms with Crippen molar-refractivity contribution in [1.82, 2.24) is 5.32 Å². The quantitative estimate of drug-likeness (QED) is 0.786. The third kappa shape index (κ3) is 4.12. The van der Waals surface area contributed by atoms with Crippen molar-refractivity contribution >= 4 is 17.6 Å². The van der Waals surface area contributed by atoms with Crippen molar-refractivity contribution in [3.8, 4) is 5.75 Å². The van der Waals surface area contributed by atoms with Crippen molar-refractivity contribution in [2.24, 2.45) is 5.92 Å². The number of hydrogen-bond acceptors (Lipinski definition) is 4. The van der Waals surface area contributed by atoms with E-state index in [1.54, 1.807) is 13.2 Å². The Morgan fingerprint density at radius 1 is 1.40 bits per heavy atom. The summed E-state index contributed by atoms with van der Waals surface area (Å²) in [6.45, 7) is 4.50. The number of hydrogen-bond donors (Lipinski definition) is 1. The average molecular weight is 300 g/mol. The van der Waals surface area contributed by atoms with Gasteiger partial charge in [-0.1, -0.05) is 37.9 Å². The van der Waals surface area contributed by atoms with Crippen LogP contribution in [-0.2, 0) is 16.1 Å². The molecular formula is C15H22ClNO3. The number of halogens is 1. The lowest BCUT2D eigenvalue weighted by Crippen LogP contribution is -2.42. The maximum atomic E-state index is 11.8. The van der Waals surface area contributed by atoms with Gasteiger partial charge in [0, 0.05) is 17.1 Å². The molecular weight excluding hydrogens is 278 g/mol. The molecule has 0 aliphatic heterocycles. The maximum Gasteiger partial charge on any atom is 0.323 e. The van der Waals surface area contributed by atoms with Crippen LogP contribution in [0.3, 0.4) is 0 Å². The van der Waals surface area contributed by atoms with Crippen LogP contribution in [0.4, 0.5) is 0 Å². The third-order valence-corrected chi connectivity index (χ3v) is 3.82. The molecule has 0 aliphatic carbocycles. The van der Waals surface area contributed by atoms with Gasteiger partial charge in [-0.25, -0.2) is 0 Å². The first kappa shape index (κ1) is 16.8. The van der Waals surface area contributed by atoms with E-state index in [-0.39, 0.29) is 17.9 Å². The maximum absolute atomic E-state index is 11.8. The highest BCUT2D eigenvalue weighted by Crippen LogP contribution is 2.26. The zero-order valence-corrected chi connectivity index (χ0v) is 13.2. The molecule has 1 rings (SSSR count). The van der Waals surface area contributed by atoms with Crippen molar-refractivity contribution in [3.63, 3.8) is 0 Å². The first-order chi connectivity index (χ1) is 9.54. The molecule has 1 aromatic rings. The molecule has 4 nitrogen and oxygen atoms in total. The van der Waals surface area contributed by atoms with E-state index < -0.39 is 0 Å². The number of nitrogens with one attached hydrogen (secondary N) is 1. The summed E-state index contributed by atoms with van der Waals surface area (Å²) in [5, 5.41) is 3.83. The van der Waals surface area contributed by atoms with E-state index >= 15 is 0 Å². The third-order valence-electron chi connectivity index (χ3n) is 3.46. The highest BCUT2D eigenvalue weighted by Gasteiger charge is 2.24. The van der Waals surface area contributed by atoms with Crippen molar-refractivity contribution in [2.75, 3.05) is 14.2 Å². The zero-order chi connectivity index (χ0) is 15.1. The second-order valence-electron chi connectivity index (χ2n) is 4.69. The van der Waals surface area contributed by atoms with Gasteiger partial charge in [0.05, 0.1) is 14.2 Å². The van der Waals surface area contributed by atoms with Crippen LogP contribution in [0.1, 0.15) is 25.8 Å². The van der Waals surface area contributed by atoms with Gasteiger partial charge < -0.3 is 9.47 Å². The van der Waals surface area contributed by atoms with Crippen LogP contribution in [0.25, 0.3) is 0 Å². The summed E-state index contributed by atoms with van der Waals surface area (Å²) in [6, 6.07) is 5.12. The Kier molecular flexibility index (Phi) is 6.82. The summed E-state index contributed by atoms with van der Waals surface area (Å²) in [6.07, 6.45) is 0.881. The van der Waals surface area contributed by atoms with Gasteiger partial charge in [-0.2, -0.15) is 0 Å². The summed E-state index contributed by atoms with van der Waals surface area (Å²) in [7, 11) is 3.00. The molecule has 0 saturated carbocycles. The zero-order valence-electron chi connectivity index (χ0n) is 12.4. The lowest BCUT2D eigenvalue weighted by atomic mass is 9.99. The lowest BCUT2D eigenvalue weighted by Gasteiger charge is -2.22. The normalized spacial score (nSPS) is 13.7. The summed E-state index contributed by atoms with van der Waals surface area (Å²) in [5.74, 6) is 0.624. The minimum absolute atomic E-state index is 0.177. The molecule has 0 bridgehead atoms. The lowest BCUT2D eigenvalue weighted by molar-refractivity contribution is -0.144. The Hall–Kier alpha value is -1.26. The van der Waals surface area contributed by atoms with E-state index in [2.05, 4.69) is 5.32 Å². The van der Waals surface area contributed by atoms with Crippen LogP contribution in [0.5, 0.6) is 5.75 Å². The van der Waals surface area contributed by atoms with Crippen LogP contribution in [-0.4, -0.2) is 26.2 Å². The van der Waals surface area contributed by atoms with Crippen LogP contribution in [0.2, 0.25) is 5.02 Å². The summed E-state index contributed by atoms with van der Waals surface area (Å²) in [5.41, 5.74) is 0.842. The molecule has 2 atom stereocenters. The van der Waals surface area contributed by atoms with E-state index in [0.29, 0.717) is 17.3 Å². The van der Waals surface area contributed by atoms with Crippen molar-refractivity contribution in [2.45, 2.75) is 32.9 Å². The molecule has 0 heterocycles. The van der Waals surface area contributed by atoms with Gasteiger partial charge in [-0.05, 0) is 18.1 Å². The van der Waals surface area contributed by atoms with Gasteiger partial charge >= 0.3 is 5.97 Å². The predicted octanol–water partition coefficient (Wildman–Crippen LogP) is 3.03. The average Bonchev–Trinajstić information content (AvgIpc) is 2.47. The molecule has 0 radical (unpaired) electrons. The van der Waals surface area contributed by atoms with E-state index in [9.17, 15) is 4.79 Å². The van der Waals surface area contributed by atoms with Gasteiger partial charge in [0.2, 0.25) is 0 Å². The molecule has 0 fully saturated rings. The number of esters is 1. The smallest absolute Gasteiger partial charge is 0.323 e. The van der Waals surface area contributed by atoms with Crippen molar-refractivity contribution < 1.29 is 14.3 Å². The molecule has 20 heavy (non-hydrogen) atoms. The van der Waals surface area contributed by atoms with Gasteiger partial charge in [-0.15, -0.1) is 0 Å². The second-order valence-corrected chi connectivity index (χ2v) is 5.10. The topological polar surface area (TPSA) is 47.6 Å². The van der Waals surface area contributed by atoms with Crippen LogP contribution in [0, 0.1) is 5.92 Å². The Morgan fingerprint density at radius 3 is 2.65 bits per heavy atom. The van der Waals surface area contributed by atoms with Crippen LogP contribution in [0.15, 0.2) is 18.2 Å². The van der Waals surface area contributed by atoms with E-state index in [1.165, 1.54) is 7.11 Å². The Bertz CT molecular complexity index is 451.